The first kappa shape index (κ1) is 20.9. The Morgan fingerprint density at radius 2 is 1.76 bits per heavy atom. The van der Waals surface area contributed by atoms with E-state index in [0.29, 0.717) is 0 Å². The highest BCUT2D eigenvalue weighted by Crippen LogP contribution is 2.40. The number of halogens is 1. The van der Waals surface area contributed by atoms with Crippen LogP contribution < -0.4 is 0 Å². The summed E-state index contributed by atoms with van der Waals surface area (Å²) >= 11 is 3.61. The first-order chi connectivity index (χ1) is 16.3. The SMILES string of the molecule is Brc1ccc(/C(=C2/CCCc3ccccc32)c2ccc3c(cnn3C3CCCCO3)c2)cc1. The van der Waals surface area contributed by atoms with Crippen molar-refractivity contribution in [2.24, 2.45) is 0 Å². The number of hydrogen-bond acceptors (Lipinski definition) is 2. The molecule has 1 unspecified atom stereocenters. The summed E-state index contributed by atoms with van der Waals surface area (Å²) in [4.78, 5) is 0. The summed E-state index contributed by atoms with van der Waals surface area (Å²) in [6.45, 7) is 0.823. The minimum absolute atomic E-state index is 0.0524. The topological polar surface area (TPSA) is 27.1 Å². The maximum absolute atomic E-state index is 6.01. The lowest BCUT2D eigenvalue weighted by molar-refractivity contribution is -0.0366. The number of benzene rings is 3. The van der Waals surface area contributed by atoms with Crippen LogP contribution in [0.1, 0.15) is 60.6 Å². The molecule has 0 saturated carbocycles. The van der Waals surface area contributed by atoms with Crippen molar-refractivity contribution in [2.45, 2.75) is 44.8 Å². The molecular weight excluding hydrogens is 472 g/mol. The number of aromatic nitrogens is 2. The van der Waals surface area contributed by atoms with E-state index in [-0.39, 0.29) is 6.23 Å². The van der Waals surface area contributed by atoms with Crippen molar-refractivity contribution in [3.8, 4) is 0 Å². The van der Waals surface area contributed by atoms with Gasteiger partial charge in [0, 0.05) is 16.5 Å². The zero-order chi connectivity index (χ0) is 22.2. The maximum Gasteiger partial charge on any atom is 0.150 e. The minimum Gasteiger partial charge on any atom is -0.356 e. The van der Waals surface area contributed by atoms with Gasteiger partial charge in [0.1, 0.15) is 0 Å². The van der Waals surface area contributed by atoms with E-state index >= 15 is 0 Å². The van der Waals surface area contributed by atoms with E-state index in [9.17, 15) is 0 Å². The Balaban J connectivity index is 1.52. The number of rotatable bonds is 3. The fraction of sp³-hybridized carbons (Fsp3) is 0.276. The molecule has 1 aliphatic carbocycles. The van der Waals surface area contributed by atoms with Gasteiger partial charge in [-0.3, -0.25) is 0 Å². The summed E-state index contributed by atoms with van der Waals surface area (Å²) in [5.41, 5.74) is 9.28. The lowest BCUT2D eigenvalue weighted by Gasteiger charge is -2.24. The van der Waals surface area contributed by atoms with E-state index in [4.69, 9.17) is 9.84 Å². The molecule has 4 aromatic rings. The van der Waals surface area contributed by atoms with Gasteiger partial charge in [-0.1, -0.05) is 58.4 Å². The first-order valence-electron chi connectivity index (χ1n) is 11.9. The minimum atomic E-state index is 0.0524. The molecule has 0 spiro atoms. The molecule has 33 heavy (non-hydrogen) atoms. The van der Waals surface area contributed by atoms with Crippen LogP contribution in [-0.4, -0.2) is 16.4 Å². The van der Waals surface area contributed by atoms with Gasteiger partial charge in [0.15, 0.2) is 6.23 Å². The number of hydrogen-bond donors (Lipinski definition) is 0. The van der Waals surface area contributed by atoms with E-state index in [0.717, 1.165) is 42.3 Å². The van der Waals surface area contributed by atoms with Gasteiger partial charge in [0.05, 0.1) is 11.7 Å². The summed E-state index contributed by atoms with van der Waals surface area (Å²) in [7, 11) is 0. The second-order valence-corrected chi connectivity index (χ2v) is 9.97. The number of aryl methyl sites for hydroxylation is 1. The Bertz CT molecular complexity index is 1330. The third-order valence-electron chi connectivity index (χ3n) is 6.96. The van der Waals surface area contributed by atoms with Crippen LogP contribution in [0.3, 0.4) is 0 Å². The Hall–Kier alpha value is -2.69. The molecule has 0 amide bonds. The molecule has 3 nitrogen and oxygen atoms in total. The molecule has 2 aliphatic rings. The Labute approximate surface area is 203 Å². The van der Waals surface area contributed by atoms with Crippen LogP contribution in [0.25, 0.3) is 22.0 Å². The van der Waals surface area contributed by atoms with Crippen LogP contribution in [0, 0.1) is 0 Å². The van der Waals surface area contributed by atoms with Crippen LogP contribution in [-0.2, 0) is 11.2 Å². The molecule has 1 fully saturated rings. The molecule has 1 atom stereocenters. The van der Waals surface area contributed by atoms with Gasteiger partial charge in [-0.2, -0.15) is 5.10 Å². The Morgan fingerprint density at radius 3 is 2.61 bits per heavy atom. The summed E-state index contributed by atoms with van der Waals surface area (Å²) in [6, 6.07) is 24.4. The molecule has 1 saturated heterocycles. The van der Waals surface area contributed by atoms with Gasteiger partial charge in [-0.15, -0.1) is 0 Å². The highest BCUT2D eigenvalue weighted by Gasteiger charge is 2.22. The Morgan fingerprint density at radius 1 is 0.909 bits per heavy atom. The van der Waals surface area contributed by atoms with Gasteiger partial charge in [-0.25, -0.2) is 4.68 Å². The molecule has 0 radical (unpaired) electrons. The standard InChI is InChI=1S/C29H27BrN2O/c30-24-14-11-21(12-15-24)29(26-9-5-7-20-6-1-2-8-25(20)26)22-13-16-27-23(18-22)19-31-32(27)28-10-3-4-17-33-28/h1-2,6,8,11-16,18-19,28H,3-5,7,9-10,17H2/b29-26+. The number of allylic oxidation sites excluding steroid dienone is 1. The third kappa shape index (κ3) is 3.96. The van der Waals surface area contributed by atoms with Gasteiger partial charge in [0.2, 0.25) is 0 Å². The van der Waals surface area contributed by atoms with Crippen LogP contribution in [0.15, 0.2) is 77.4 Å². The van der Waals surface area contributed by atoms with Crippen molar-refractivity contribution in [1.29, 1.82) is 0 Å². The zero-order valence-corrected chi connectivity index (χ0v) is 20.2. The maximum atomic E-state index is 6.01. The van der Waals surface area contributed by atoms with Crippen LogP contribution in [0.5, 0.6) is 0 Å². The van der Waals surface area contributed by atoms with Crippen molar-refractivity contribution in [1.82, 2.24) is 9.78 Å². The Kier molecular flexibility index (Phi) is 5.65. The van der Waals surface area contributed by atoms with Gasteiger partial charge < -0.3 is 4.74 Å². The van der Waals surface area contributed by atoms with E-state index in [1.54, 1.807) is 0 Å². The van der Waals surface area contributed by atoms with E-state index in [1.807, 2.05) is 6.20 Å². The van der Waals surface area contributed by atoms with Gasteiger partial charge in [0.25, 0.3) is 0 Å². The molecule has 1 aromatic heterocycles. The zero-order valence-electron chi connectivity index (χ0n) is 18.6. The summed E-state index contributed by atoms with van der Waals surface area (Å²) in [6.07, 6.45) is 8.85. The van der Waals surface area contributed by atoms with Crippen molar-refractivity contribution in [3.05, 3.63) is 99.7 Å². The van der Waals surface area contributed by atoms with E-state index in [1.165, 1.54) is 51.6 Å². The highest BCUT2D eigenvalue weighted by molar-refractivity contribution is 9.10. The van der Waals surface area contributed by atoms with Crippen molar-refractivity contribution in [2.75, 3.05) is 6.61 Å². The molecule has 0 bridgehead atoms. The molecule has 1 aliphatic heterocycles. The van der Waals surface area contributed by atoms with Crippen molar-refractivity contribution >= 4 is 38.0 Å². The summed E-state index contributed by atoms with van der Waals surface area (Å²) in [5.74, 6) is 0. The van der Waals surface area contributed by atoms with Gasteiger partial charge >= 0.3 is 0 Å². The third-order valence-corrected chi connectivity index (χ3v) is 7.49. The molecule has 2 heterocycles. The fourth-order valence-electron chi connectivity index (χ4n) is 5.37. The summed E-state index contributed by atoms with van der Waals surface area (Å²) in [5, 5.41) is 5.89. The summed E-state index contributed by atoms with van der Waals surface area (Å²) < 4.78 is 9.18. The predicted octanol–water partition coefficient (Wildman–Crippen LogP) is 7.79. The smallest absolute Gasteiger partial charge is 0.150 e. The van der Waals surface area contributed by atoms with Crippen molar-refractivity contribution in [3.63, 3.8) is 0 Å². The second-order valence-electron chi connectivity index (χ2n) is 9.06. The lowest BCUT2D eigenvalue weighted by Crippen LogP contribution is -2.18. The number of nitrogens with zero attached hydrogens (tertiary/aromatic N) is 2. The first-order valence-corrected chi connectivity index (χ1v) is 12.7. The molecule has 6 rings (SSSR count). The van der Waals surface area contributed by atoms with Crippen LogP contribution in [0.4, 0.5) is 0 Å². The van der Waals surface area contributed by atoms with E-state index < -0.39 is 0 Å². The molecule has 166 valence electrons. The average Bonchev–Trinajstić information content (AvgIpc) is 3.29. The molecule has 4 heteroatoms. The van der Waals surface area contributed by atoms with Crippen LogP contribution >= 0.6 is 15.9 Å². The molecule has 0 N–H and O–H groups in total. The second kappa shape index (κ2) is 8.92. The monoisotopic (exact) mass is 498 g/mol. The lowest BCUT2D eigenvalue weighted by atomic mass is 9.81. The average molecular weight is 499 g/mol. The van der Waals surface area contributed by atoms with Crippen molar-refractivity contribution < 1.29 is 4.74 Å². The fourth-order valence-corrected chi connectivity index (χ4v) is 5.63. The normalized spacial score (nSPS) is 20.0. The van der Waals surface area contributed by atoms with Crippen LogP contribution in [0.2, 0.25) is 0 Å². The predicted molar refractivity (Wildman–Crippen MR) is 138 cm³/mol. The highest BCUT2D eigenvalue weighted by atomic mass is 79.9. The largest absolute Gasteiger partial charge is 0.356 e. The van der Waals surface area contributed by atoms with E-state index in [2.05, 4.69) is 87.3 Å². The number of fused-ring (bicyclic) bond motifs is 2. The quantitative estimate of drug-likeness (QED) is 0.288. The molecule has 3 aromatic carbocycles. The van der Waals surface area contributed by atoms with Gasteiger partial charge in [-0.05, 0) is 96.2 Å². The number of ether oxygens (including phenoxy) is 1. The molecular formula is C29H27BrN2O.